The monoisotopic (exact) mass is 287 g/mol. The molecule has 0 spiro atoms. The SMILES string of the molecule is CCN1C(=O)[C@H](O[Si](C)(C)C(C)(C)C)[C@H]1OC(C)=O. The Bertz CT molecular complexity index is 375. The molecule has 0 N–H and O–H groups in total. The smallest absolute Gasteiger partial charge is 0.304 e. The lowest BCUT2D eigenvalue weighted by Gasteiger charge is -2.49. The first-order chi connectivity index (χ1) is 8.51. The maximum atomic E-state index is 12.0. The number of esters is 1. The van der Waals surface area contributed by atoms with Crippen LogP contribution in [-0.4, -0.2) is 44.0 Å². The van der Waals surface area contributed by atoms with E-state index in [0.29, 0.717) is 6.54 Å². The van der Waals surface area contributed by atoms with Crippen molar-refractivity contribution in [1.29, 1.82) is 0 Å². The third-order valence-electron chi connectivity index (χ3n) is 3.95. The van der Waals surface area contributed by atoms with Crippen LogP contribution in [0.25, 0.3) is 0 Å². The van der Waals surface area contributed by atoms with Gasteiger partial charge in [-0.25, -0.2) is 0 Å². The van der Waals surface area contributed by atoms with Gasteiger partial charge in [-0.2, -0.15) is 0 Å². The number of rotatable bonds is 4. The van der Waals surface area contributed by atoms with E-state index in [-0.39, 0.29) is 16.9 Å². The molecule has 1 aliphatic heterocycles. The summed E-state index contributed by atoms with van der Waals surface area (Å²) in [7, 11) is -2.05. The number of hydrogen-bond acceptors (Lipinski definition) is 4. The molecule has 5 nitrogen and oxygen atoms in total. The van der Waals surface area contributed by atoms with Crippen molar-refractivity contribution in [1.82, 2.24) is 4.90 Å². The molecule has 1 heterocycles. The van der Waals surface area contributed by atoms with E-state index in [2.05, 4.69) is 33.9 Å². The maximum absolute atomic E-state index is 12.0. The Kier molecular flexibility index (Phi) is 4.46. The number of likely N-dealkylation sites (tertiary alicyclic amines) is 1. The maximum Gasteiger partial charge on any atom is 0.304 e. The van der Waals surface area contributed by atoms with Crippen molar-refractivity contribution in [3.63, 3.8) is 0 Å². The lowest BCUT2D eigenvalue weighted by atomic mass is 10.1. The fraction of sp³-hybridized carbons (Fsp3) is 0.846. The molecule has 1 saturated heterocycles. The molecular formula is C13H25NO4Si. The third kappa shape index (κ3) is 3.17. The van der Waals surface area contributed by atoms with E-state index in [4.69, 9.17) is 9.16 Å². The second-order valence-electron chi connectivity index (χ2n) is 6.42. The highest BCUT2D eigenvalue weighted by Crippen LogP contribution is 2.39. The van der Waals surface area contributed by atoms with Crippen LogP contribution in [0.15, 0.2) is 0 Å². The van der Waals surface area contributed by atoms with E-state index >= 15 is 0 Å². The predicted octanol–water partition coefficient (Wildman–Crippen LogP) is 2.13. The fourth-order valence-electron chi connectivity index (χ4n) is 1.73. The van der Waals surface area contributed by atoms with Gasteiger partial charge in [0.15, 0.2) is 14.4 Å². The molecule has 0 aromatic heterocycles. The van der Waals surface area contributed by atoms with Crippen LogP contribution in [0.5, 0.6) is 0 Å². The van der Waals surface area contributed by atoms with E-state index in [9.17, 15) is 9.59 Å². The van der Waals surface area contributed by atoms with Gasteiger partial charge in [0.2, 0.25) is 6.23 Å². The second-order valence-corrected chi connectivity index (χ2v) is 11.2. The highest BCUT2D eigenvalue weighted by molar-refractivity contribution is 6.74. The molecule has 19 heavy (non-hydrogen) atoms. The molecule has 6 heteroatoms. The van der Waals surface area contributed by atoms with Gasteiger partial charge in [0.05, 0.1) is 0 Å². The topological polar surface area (TPSA) is 55.8 Å². The molecule has 2 atom stereocenters. The number of carbonyl (C=O) groups is 2. The van der Waals surface area contributed by atoms with Gasteiger partial charge in [0.25, 0.3) is 5.91 Å². The van der Waals surface area contributed by atoms with Gasteiger partial charge < -0.3 is 14.1 Å². The number of ether oxygens (including phenoxy) is 1. The van der Waals surface area contributed by atoms with Crippen molar-refractivity contribution in [3.05, 3.63) is 0 Å². The minimum atomic E-state index is -2.05. The van der Waals surface area contributed by atoms with Crippen LogP contribution in [0, 0.1) is 0 Å². The van der Waals surface area contributed by atoms with Crippen LogP contribution in [0.2, 0.25) is 18.1 Å². The summed E-state index contributed by atoms with van der Waals surface area (Å²) >= 11 is 0. The molecule has 1 amide bonds. The van der Waals surface area contributed by atoms with Crippen molar-refractivity contribution in [2.75, 3.05) is 6.54 Å². The Labute approximate surface area is 116 Å². The van der Waals surface area contributed by atoms with Crippen LogP contribution < -0.4 is 0 Å². The normalized spacial score (nSPS) is 24.2. The Balaban J connectivity index is 2.82. The van der Waals surface area contributed by atoms with E-state index in [1.165, 1.54) is 11.8 Å². The number of amides is 1. The van der Waals surface area contributed by atoms with E-state index < -0.39 is 20.6 Å². The van der Waals surface area contributed by atoms with Gasteiger partial charge in [0.1, 0.15) is 0 Å². The average molecular weight is 287 g/mol. The largest absolute Gasteiger partial charge is 0.438 e. The number of hydrogen-bond donors (Lipinski definition) is 0. The Morgan fingerprint density at radius 3 is 2.26 bits per heavy atom. The van der Waals surface area contributed by atoms with Gasteiger partial charge in [-0.05, 0) is 25.1 Å². The third-order valence-corrected chi connectivity index (χ3v) is 8.40. The first kappa shape index (κ1) is 16.2. The predicted molar refractivity (Wildman–Crippen MR) is 75.0 cm³/mol. The van der Waals surface area contributed by atoms with Gasteiger partial charge >= 0.3 is 5.97 Å². The molecule has 0 aromatic rings. The molecule has 110 valence electrons. The molecule has 0 aliphatic carbocycles. The zero-order chi connectivity index (χ0) is 15.0. The second kappa shape index (κ2) is 5.24. The van der Waals surface area contributed by atoms with Crippen molar-refractivity contribution in [2.45, 2.75) is 65.1 Å². The van der Waals surface area contributed by atoms with Gasteiger partial charge in [-0.1, -0.05) is 20.8 Å². The summed E-state index contributed by atoms with van der Waals surface area (Å²) in [6, 6.07) is 0. The van der Waals surface area contributed by atoms with Crippen LogP contribution >= 0.6 is 0 Å². The standard InChI is InChI=1S/C13H25NO4Si/c1-8-14-11(16)10(12(14)17-9(2)15)18-19(6,7)13(3,4)5/h10,12H,8H2,1-7H3/t10-,12+/m0/s1. The van der Waals surface area contributed by atoms with E-state index in [1.807, 2.05) is 6.92 Å². The summed E-state index contributed by atoms with van der Waals surface area (Å²) in [6.45, 7) is 14.2. The Morgan fingerprint density at radius 1 is 1.37 bits per heavy atom. The number of nitrogens with zero attached hydrogens (tertiary/aromatic N) is 1. The van der Waals surface area contributed by atoms with Crippen molar-refractivity contribution >= 4 is 20.2 Å². The van der Waals surface area contributed by atoms with E-state index in [0.717, 1.165) is 0 Å². The zero-order valence-corrected chi connectivity index (χ0v) is 13.9. The molecule has 0 aromatic carbocycles. The minimum Gasteiger partial charge on any atom is -0.438 e. The van der Waals surface area contributed by atoms with E-state index in [1.54, 1.807) is 0 Å². The summed E-state index contributed by atoms with van der Waals surface area (Å²) in [4.78, 5) is 24.7. The summed E-state index contributed by atoms with van der Waals surface area (Å²) in [6.07, 6.45) is -1.20. The van der Waals surface area contributed by atoms with Gasteiger partial charge in [0, 0.05) is 13.5 Å². The molecule has 1 rings (SSSR count). The minimum absolute atomic E-state index is 0.0146. The Morgan fingerprint density at radius 2 is 1.89 bits per heavy atom. The summed E-state index contributed by atoms with van der Waals surface area (Å²) in [5.74, 6) is -0.474. The molecule has 0 radical (unpaired) electrons. The van der Waals surface area contributed by atoms with Crippen molar-refractivity contribution < 1.29 is 18.8 Å². The van der Waals surface area contributed by atoms with Crippen LogP contribution in [0.1, 0.15) is 34.6 Å². The first-order valence-electron chi connectivity index (χ1n) is 6.67. The summed E-state index contributed by atoms with van der Waals surface area (Å²) in [5.41, 5.74) is 0. The molecule has 0 bridgehead atoms. The number of β-lactam (4-membered cyclic amide) rings is 1. The highest BCUT2D eigenvalue weighted by atomic mass is 28.4. The number of carbonyl (C=O) groups excluding carboxylic acids is 2. The van der Waals surface area contributed by atoms with Gasteiger partial charge in [-0.3, -0.25) is 9.59 Å². The van der Waals surface area contributed by atoms with Crippen LogP contribution in [-0.2, 0) is 18.8 Å². The molecule has 1 aliphatic rings. The highest BCUT2D eigenvalue weighted by Gasteiger charge is 2.53. The van der Waals surface area contributed by atoms with Crippen molar-refractivity contribution in [3.8, 4) is 0 Å². The average Bonchev–Trinajstić information content (AvgIpc) is 2.24. The molecular weight excluding hydrogens is 262 g/mol. The number of likely N-dealkylation sites (N-methyl/N-ethyl adjacent to an activating group) is 1. The quantitative estimate of drug-likeness (QED) is 0.451. The summed E-state index contributed by atoms with van der Waals surface area (Å²) < 4.78 is 11.3. The first-order valence-corrected chi connectivity index (χ1v) is 9.57. The lowest BCUT2D eigenvalue weighted by molar-refractivity contribution is -0.206. The molecule has 0 unspecified atom stereocenters. The molecule has 0 saturated carbocycles. The van der Waals surface area contributed by atoms with Gasteiger partial charge in [-0.15, -0.1) is 0 Å². The zero-order valence-electron chi connectivity index (χ0n) is 12.9. The molecule has 1 fully saturated rings. The Hall–Kier alpha value is -0.883. The summed E-state index contributed by atoms with van der Waals surface area (Å²) in [5, 5.41) is 0.0146. The van der Waals surface area contributed by atoms with Crippen LogP contribution in [0.4, 0.5) is 0 Å². The lowest BCUT2D eigenvalue weighted by Crippen LogP contribution is -2.69. The fourth-order valence-corrected chi connectivity index (χ4v) is 2.93. The van der Waals surface area contributed by atoms with Crippen molar-refractivity contribution in [2.24, 2.45) is 0 Å². The van der Waals surface area contributed by atoms with Crippen LogP contribution in [0.3, 0.4) is 0 Å².